The molecule has 1 saturated carbocycles. The van der Waals surface area contributed by atoms with Crippen molar-refractivity contribution in [3.8, 4) is 0 Å². The van der Waals surface area contributed by atoms with Crippen LogP contribution in [-0.4, -0.2) is 17.3 Å². The van der Waals surface area contributed by atoms with Crippen molar-refractivity contribution in [1.29, 1.82) is 0 Å². The van der Waals surface area contributed by atoms with Crippen molar-refractivity contribution in [2.24, 2.45) is 5.92 Å². The van der Waals surface area contributed by atoms with E-state index in [2.05, 4.69) is 38.1 Å². The average molecular weight is 339 g/mol. The van der Waals surface area contributed by atoms with E-state index in [1.807, 2.05) is 35.4 Å². The van der Waals surface area contributed by atoms with Gasteiger partial charge in [-0.1, -0.05) is 67.8 Å². The summed E-state index contributed by atoms with van der Waals surface area (Å²) < 4.78 is 5.59. The Labute approximate surface area is 142 Å². The Bertz CT molecular complexity index is 490. The quantitative estimate of drug-likeness (QED) is 0.472. The lowest BCUT2D eigenvalue weighted by Gasteiger charge is -2.39. The molecule has 0 unspecified atom stereocenters. The lowest BCUT2D eigenvalue weighted by atomic mass is 9.85. The molecule has 0 saturated heterocycles. The highest BCUT2D eigenvalue weighted by molar-refractivity contribution is 8.77. The number of esters is 1. The van der Waals surface area contributed by atoms with Crippen molar-refractivity contribution in [3.05, 3.63) is 29.8 Å². The molecule has 0 aromatic heterocycles. The summed E-state index contributed by atoms with van der Waals surface area (Å²) in [6.45, 7) is 8.74. The van der Waals surface area contributed by atoms with Gasteiger partial charge in [0.15, 0.2) is 0 Å². The van der Waals surface area contributed by atoms with Crippen LogP contribution in [0.25, 0.3) is 0 Å². The lowest BCUT2D eigenvalue weighted by molar-refractivity contribution is -0.148. The number of rotatable bonds is 7. The number of carbonyl (C=O) groups excluding carboxylic acids is 1. The Kier molecular flexibility index (Phi) is 6.27. The van der Waals surface area contributed by atoms with E-state index in [9.17, 15) is 4.79 Å². The van der Waals surface area contributed by atoms with E-state index < -0.39 is 0 Å². The maximum absolute atomic E-state index is 11.7. The molecule has 0 bridgehead atoms. The third-order valence-electron chi connectivity index (χ3n) is 4.08. The Balaban J connectivity index is 1.86. The predicted molar refractivity (Wildman–Crippen MR) is 96.4 cm³/mol. The van der Waals surface area contributed by atoms with E-state index in [1.54, 1.807) is 0 Å². The first kappa shape index (κ1) is 17.7. The summed E-state index contributed by atoms with van der Waals surface area (Å²) in [6.07, 6.45) is 3.51. The molecule has 1 fully saturated rings. The molecule has 122 valence electrons. The molecule has 0 N–H and O–H groups in total. The van der Waals surface area contributed by atoms with Gasteiger partial charge in [-0.15, -0.1) is 0 Å². The highest BCUT2D eigenvalue weighted by Crippen LogP contribution is 2.52. The molecule has 2 nitrogen and oxygen atoms in total. The van der Waals surface area contributed by atoms with Crippen LogP contribution in [0.15, 0.2) is 29.2 Å². The van der Waals surface area contributed by atoms with Gasteiger partial charge in [-0.05, 0) is 36.5 Å². The molecule has 1 aliphatic rings. The van der Waals surface area contributed by atoms with Gasteiger partial charge in [0.05, 0.1) is 10.7 Å². The fraction of sp³-hybridized carbons (Fsp3) is 0.611. The van der Waals surface area contributed by atoms with E-state index in [0.717, 1.165) is 12.8 Å². The second kappa shape index (κ2) is 7.78. The molecule has 0 radical (unpaired) electrons. The van der Waals surface area contributed by atoms with Gasteiger partial charge >= 0.3 is 5.97 Å². The molecule has 0 amide bonds. The average Bonchev–Trinajstić information content (AvgIpc) is 2.45. The summed E-state index contributed by atoms with van der Waals surface area (Å²) in [4.78, 5) is 12.9. The maximum atomic E-state index is 11.7. The van der Waals surface area contributed by atoms with E-state index in [1.165, 1.54) is 16.9 Å². The van der Waals surface area contributed by atoms with Crippen molar-refractivity contribution in [3.63, 3.8) is 0 Å². The molecule has 1 aromatic rings. The summed E-state index contributed by atoms with van der Waals surface area (Å²) in [7, 11) is 3.68. The van der Waals surface area contributed by atoms with Crippen LogP contribution in [0, 0.1) is 5.92 Å². The van der Waals surface area contributed by atoms with Crippen molar-refractivity contribution in [2.75, 3.05) is 6.61 Å². The van der Waals surface area contributed by atoms with Crippen LogP contribution >= 0.6 is 21.6 Å². The zero-order valence-corrected chi connectivity index (χ0v) is 15.6. The highest BCUT2D eigenvalue weighted by Gasteiger charge is 2.39. The Morgan fingerprint density at radius 3 is 2.27 bits per heavy atom. The zero-order chi connectivity index (χ0) is 16.2. The number of carbonyl (C=O) groups is 1. The van der Waals surface area contributed by atoms with Crippen LogP contribution in [0.4, 0.5) is 0 Å². The summed E-state index contributed by atoms with van der Waals surface area (Å²) >= 11 is 0. The van der Waals surface area contributed by atoms with Crippen molar-refractivity contribution in [2.45, 2.75) is 62.5 Å². The third kappa shape index (κ3) is 4.69. The first-order valence-corrected chi connectivity index (χ1v) is 10.2. The van der Waals surface area contributed by atoms with Crippen LogP contribution in [0.1, 0.15) is 58.4 Å². The largest absolute Gasteiger partial charge is 0.464 e. The number of hydrogen-bond acceptors (Lipinski definition) is 4. The van der Waals surface area contributed by atoms with Crippen molar-refractivity contribution >= 4 is 27.6 Å². The molecule has 1 aromatic carbocycles. The monoisotopic (exact) mass is 338 g/mol. The SMILES string of the molecule is CC(C)C(=O)OCC1(SSc2ccc(C(C)C)cc2)CCC1. The minimum Gasteiger partial charge on any atom is -0.464 e. The second-order valence-electron chi connectivity index (χ2n) is 6.69. The van der Waals surface area contributed by atoms with Gasteiger partial charge in [0.2, 0.25) is 0 Å². The second-order valence-corrected chi connectivity index (χ2v) is 9.36. The highest BCUT2D eigenvalue weighted by atomic mass is 33.1. The fourth-order valence-electron chi connectivity index (χ4n) is 2.24. The van der Waals surface area contributed by atoms with Crippen LogP contribution in [0.2, 0.25) is 0 Å². The summed E-state index contributed by atoms with van der Waals surface area (Å²) in [5.41, 5.74) is 1.37. The standard InChI is InChI=1S/C18H26O2S2/c1-13(2)15-6-8-16(9-7-15)21-22-18(10-5-11-18)12-20-17(19)14(3)4/h6-9,13-14H,5,10-12H2,1-4H3. The van der Waals surface area contributed by atoms with Crippen LogP contribution in [0.3, 0.4) is 0 Å². The van der Waals surface area contributed by atoms with Gasteiger partial charge in [-0.25, -0.2) is 0 Å². The van der Waals surface area contributed by atoms with Gasteiger partial charge in [0.1, 0.15) is 6.61 Å². The Morgan fingerprint density at radius 2 is 1.82 bits per heavy atom. The van der Waals surface area contributed by atoms with Crippen molar-refractivity contribution in [1.82, 2.24) is 0 Å². The van der Waals surface area contributed by atoms with Gasteiger partial charge in [0, 0.05) is 4.90 Å². The first-order valence-electron chi connectivity index (χ1n) is 8.04. The Hall–Kier alpha value is -0.610. The number of benzene rings is 1. The van der Waals surface area contributed by atoms with Crippen LogP contribution in [0.5, 0.6) is 0 Å². The molecule has 22 heavy (non-hydrogen) atoms. The lowest BCUT2D eigenvalue weighted by Crippen LogP contribution is -2.39. The van der Waals surface area contributed by atoms with Crippen LogP contribution < -0.4 is 0 Å². The van der Waals surface area contributed by atoms with Gasteiger partial charge in [-0.2, -0.15) is 0 Å². The Morgan fingerprint density at radius 1 is 1.18 bits per heavy atom. The molecule has 0 atom stereocenters. The van der Waals surface area contributed by atoms with Gasteiger partial charge in [0.25, 0.3) is 0 Å². The third-order valence-corrected chi connectivity index (χ3v) is 7.39. The molecule has 0 spiro atoms. The number of ether oxygens (including phenoxy) is 1. The molecular weight excluding hydrogens is 312 g/mol. The summed E-state index contributed by atoms with van der Waals surface area (Å²) in [5.74, 6) is 0.441. The fourth-order valence-corrected chi connectivity index (χ4v) is 5.12. The summed E-state index contributed by atoms with van der Waals surface area (Å²) in [6, 6.07) is 8.80. The first-order chi connectivity index (χ1) is 10.4. The van der Waals surface area contributed by atoms with E-state index in [4.69, 9.17) is 4.74 Å². The smallest absolute Gasteiger partial charge is 0.308 e. The minimum atomic E-state index is -0.0850. The maximum Gasteiger partial charge on any atom is 0.308 e. The molecule has 4 heteroatoms. The molecule has 1 aliphatic carbocycles. The molecular formula is C18H26O2S2. The van der Waals surface area contributed by atoms with E-state index >= 15 is 0 Å². The van der Waals surface area contributed by atoms with Crippen LogP contribution in [-0.2, 0) is 9.53 Å². The summed E-state index contributed by atoms with van der Waals surface area (Å²) in [5, 5.41) is 0. The van der Waals surface area contributed by atoms with Crippen molar-refractivity contribution < 1.29 is 9.53 Å². The van der Waals surface area contributed by atoms with Gasteiger partial charge in [-0.3, -0.25) is 4.79 Å². The minimum absolute atomic E-state index is 0.0432. The number of hydrogen-bond donors (Lipinski definition) is 0. The molecule has 2 rings (SSSR count). The zero-order valence-electron chi connectivity index (χ0n) is 13.9. The van der Waals surface area contributed by atoms with Gasteiger partial charge < -0.3 is 4.74 Å². The van der Waals surface area contributed by atoms with E-state index in [0.29, 0.717) is 12.5 Å². The topological polar surface area (TPSA) is 26.3 Å². The predicted octanol–water partition coefficient (Wildman–Crippen LogP) is 5.67. The normalized spacial score (nSPS) is 16.6. The van der Waals surface area contributed by atoms with E-state index in [-0.39, 0.29) is 16.6 Å². The molecule has 0 heterocycles. The molecule has 0 aliphatic heterocycles.